The quantitative estimate of drug-likeness (QED) is 0.733. The van der Waals surface area contributed by atoms with E-state index in [1.54, 1.807) is 7.11 Å². The molecule has 1 atom stereocenters. The Morgan fingerprint density at radius 1 is 1.20 bits per heavy atom. The Bertz CT molecular complexity index is 750. The standard InChI is InChI=1S/C15H16N4O/c1-10(20-3)12-5-4-6-13(7-12)14-8-16-15-18-17-11(2)19(15)9-14/h4-10H,1-3H3/t10-/m1/s1. The van der Waals surface area contributed by atoms with Gasteiger partial charge in [0.05, 0.1) is 6.10 Å². The highest BCUT2D eigenvalue weighted by Crippen LogP contribution is 2.24. The number of aryl methyl sites for hydroxylation is 1. The van der Waals surface area contributed by atoms with E-state index in [9.17, 15) is 0 Å². The van der Waals surface area contributed by atoms with Gasteiger partial charge in [0.25, 0.3) is 5.78 Å². The largest absolute Gasteiger partial charge is 0.377 e. The monoisotopic (exact) mass is 268 g/mol. The smallest absolute Gasteiger partial charge is 0.254 e. The highest BCUT2D eigenvalue weighted by Gasteiger charge is 2.08. The fourth-order valence-corrected chi connectivity index (χ4v) is 2.15. The van der Waals surface area contributed by atoms with Gasteiger partial charge in [-0.25, -0.2) is 4.98 Å². The second-order valence-electron chi connectivity index (χ2n) is 4.76. The second-order valence-corrected chi connectivity index (χ2v) is 4.76. The average molecular weight is 268 g/mol. The summed E-state index contributed by atoms with van der Waals surface area (Å²) in [5, 5.41) is 8.01. The van der Waals surface area contributed by atoms with E-state index in [0.717, 1.165) is 22.5 Å². The molecule has 0 saturated heterocycles. The molecule has 0 aliphatic heterocycles. The zero-order valence-electron chi connectivity index (χ0n) is 11.7. The highest BCUT2D eigenvalue weighted by molar-refractivity contribution is 5.63. The Hall–Kier alpha value is -2.27. The molecule has 3 rings (SSSR count). The lowest BCUT2D eigenvalue weighted by atomic mass is 10.0. The van der Waals surface area contributed by atoms with Gasteiger partial charge in [-0.3, -0.25) is 4.40 Å². The molecule has 0 unspecified atom stereocenters. The third-order valence-corrected chi connectivity index (χ3v) is 3.48. The van der Waals surface area contributed by atoms with Crippen LogP contribution in [0.3, 0.4) is 0 Å². The van der Waals surface area contributed by atoms with E-state index in [0.29, 0.717) is 5.78 Å². The molecule has 2 aromatic heterocycles. The molecule has 0 N–H and O–H groups in total. The summed E-state index contributed by atoms with van der Waals surface area (Å²) >= 11 is 0. The third kappa shape index (κ3) is 2.16. The number of benzene rings is 1. The van der Waals surface area contributed by atoms with Gasteiger partial charge in [0.2, 0.25) is 0 Å². The number of nitrogens with zero attached hydrogens (tertiary/aromatic N) is 4. The maximum Gasteiger partial charge on any atom is 0.254 e. The van der Waals surface area contributed by atoms with E-state index in [-0.39, 0.29) is 6.10 Å². The molecule has 102 valence electrons. The van der Waals surface area contributed by atoms with Crippen molar-refractivity contribution in [1.82, 2.24) is 19.6 Å². The van der Waals surface area contributed by atoms with Crippen molar-refractivity contribution < 1.29 is 4.74 Å². The first kappa shape index (κ1) is 12.7. The van der Waals surface area contributed by atoms with Crippen LogP contribution in [0.25, 0.3) is 16.9 Å². The van der Waals surface area contributed by atoms with E-state index in [4.69, 9.17) is 4.74 Å². The van der Waals surface area contributed by atoms with Crippen LogP contribution in [0.2, 0.25) is 0 Å². The molecule has 0 aliphatic rings. The first-order valence-electron chi connectivity index (χ1n) is 6.49. The van der Waals surface area contributed by atoms with Crippen LogP contribution in [0.15, 0.2) is 36.7 Å². The van der Waals surface area contributed by atoms with Crippen molar-refractivity contribution in [1.29, 1.82) is 0 Å². The fourth-order valence-electron chi connectivity index (χ4n) is 2.15. The number of fused-ring (bicyclic) bond motifs is 1. The summed E-state index contributed by atoms with van der Waals surface area (Å²) in [4.78, 5) is 4.33. The molecule has 5 nitrogen and oxygen atoms in total. The lowest BCUT2D eigenvalue weighted by Crippen LogP contribution is -1.96. The number of hydrogen-bond donors (Lipinski definition) is 0. The van der Waals surface area contributed by atoms with Crippen LogP contribution in [0.4, 0.5) is 0 Å². The first-order chi connectivity index (χ1) is 9.69. The molecular formula is C15H16N4O. The van der Waals surface area contributed by atoms with Gasteiger partial charge >= 0.3 is 0 Å². The van der Waals surface area contributed by atoms with Crippen LogP contribution in [-0.2, 0) is 4.74 Å². The van der Waals surface area contributed by atoms with Crippen molar-refractivity contribution in [3.05, 3.63) is 48.0 Å². The van der Waals surface area contributed by atoms with E-state index >= 15 is 0 Å². The van der Waals surface area contributed by atoms with E-state index in [2.05, 4.69) is 33.4 Å². The third-order valence-electron chi connectivity index (χ3n) is 3.48. The van der Waals surface area contributed by atoms with E-state index < -0.39 is 0 Å². The molecule has 0 spiro atoms. The van der Waals surface area contributed by atoms with Crippen LogP contribution in [0.1, 0.15) is 24.4 Å². The minimum atomic E-state index is 0.0725. The molecule has 0 amide bonds. The maximum atomic E-state index is 5.36. The Balaban J connectivity index is 2.08. The van der Waals surface area contributed by atoms with Gasteiger partial charge in [0.1, 0.15) is 5.82 Å². The summed E-state index contributed by atoms with van der Waals surface area (Å²) in [6, 6.07) is 8.28. The molecule has 1 aromatic carbocycles. The highest BCUT2D eigenvalue weighted by atomic mass is 16.5. The molecule has 0 radical (unpaired) electrons. The number of aromatic nitrogens is 4. The SMILES string of the molecule is CO[C@H](C)c1cccc(-c2cnc3nnc(C)n3c2)c1. The predicted molar refractivity (Wildman–Crippen MR) is 76.4 cm³/mol. The molecule has 20 heavy (non-hydrogen) atoms. The average Bonchev–Trinajstić information content (AvgIpc) is 2.87. The minimum Gasteiger partial charge on any atom is -0.377 e. The summed E-state index contributed by atoms with van der Waals surface area (Å²) < 4.78 is 7.25. The van der Waals surface area contributed by atoms with Crippen molar-refractivity contribution in [3.63, 3.8) is 0 Å². The molecule has 0 fully saturated rings. The molecule has 0 bridgehead atoms. The van der Waals surface area contributed by atoms with Crippen LogP contribution >= 0.6 is 0 Å². The maximum absolute atomic E-state index is 5.36. The molecule has 0 aliphatic carbocycles. The second kappa shape index (κ2) is 5.02. The van der Waals surface area contributed by atoms with Crippen molar-refractivity contribution >= 4 is 5.78 Å². The molecule has 2 heterocycles. The van der Waals surface area contributed by atoms with Crippen LogP contribution in [0.5, 0.6) is 0 Å². The molecule has 0 saturated carbocycles. The topological polar surface area (TPSA) is 52.3 Å². The Kier molecular flexibility index (Phi) is 3.20. The summed E-state index contributed by atoms with van der Waals surface area (Å²) in [6.07, 6.45) is 3.90. The Labute approximate surface area is 117 Å². The van der Waals surface area contributed by atoms with E-state index in [1.807, 2.05) is 36.7 Å². The normalized spacial score (nSPS) is 12.8. The van der Waals surface area contributed by atoms with Crippen molar-refractivity contribution in [2.45, 2.75) is 20.0 Å². The van der Waals surface area contributed by atoms with Gasteiger partial charge < -0.3 is 4.74 Å². The Morgan fingerprint density at radius 2 is 2.05 bits per heavy atom. The first-order valence-corrected chi connectivity index (χ1v) is 6.49. The van der Waals surface area contributed by atoms with E-state index in [1.165, 1.54) is 0 Å². The van der Waals surface area contributed by atoms with Gasteiger partial charge in [-0.2, -0.15) is 0 Å². The lowest BCUT2D eigenvalue weighted by molar-refractivity contribution is 0.119. The summed E-state index contributed by atoms with van der Waals surface area (Å²) in [7, 11) is 1.71. The number of rotatable bonds is 3. The zero-order valence-corrected chi connectivity index (χ0v) is 11.7. The van der Waals surface area contributed by atoms with Gasteiger partial charge in [-0.15, -0.1) is 10.2 Å². The fraction of sp³-hybridized carbons (Fsp3) is 0.267. The van der Waals surface area contributed by atoms with Gasteiger partial charge in [0.15, 0.2) is 0 Å². The van der Waals surface area contributed by atoms with Crippen molar-refractivity contribution in [2.75, 3.05) is 7.11 Å². The van der Waals surface area contributed by atoms with Crippen LogP contribution in [0, 0.1) is 6.92 Å². The van der Waals surface area contributed by atoms with Gasteiger partial charge in [-0.1, -0.05) is 18.2 Å². The van der Waals surface area contributed by atoms with Gasteiger partial charge in [-0.05, 0) is 31.0 Å². The Morgan fingerprint density at radius 3 is 2.85 bits per heavy atom. The summed E-state index contributed by atoms with van der Waals surface area (Å²) in [6.45, 7) is 3.94. The number of ether oxygens (including phenoxy) is 1. The lowest BCUT2D eigenvalue weighted by Gasteiger charge is -2.11. The summed E-state index contributed by atoms with van der Waals surface area (Å²) in [5.41, 5.74) is 3.28. The van der Waals surface area contributed by atoms with Crippen LogP contribution < -0.4 is 0 Å². The molecule has 5 heteroatoms. The number of hydrogen-bond acceptors (Lipinski definition) is 4. The van der Waals surface area contributed by atoms with Crippen LogP contribution in [-0.4, -0.2) is 26.7 Å². The molecule has 3 aromatic rings. The van der Waals surface area contributed by atoms with Crippen molar-refractivity contribution in [2.24, 2.45) is 0 Å². The number of methoxy groups -OCH3 is 1. The van der Waals surface area contributed by atoms with Crippen molar-refractivity contribution in [3.8, 4) is 11.1 Å². The zero-order chi connectivity index (χ0) is 14.1. The minimum absolute atomic E-state index is 0.0725. The van der Waals surface area contributed by atoms with Gasteiger partial charge in [0, 0.05) is 25.1 Å². The molecular weight excluding hydrogens is 252 g/mol. The summed E-state index contributed by atoms with van der Waals surface area (Å²) in [5.74, 6) is 1.45. The predicted octanol–water partition coefficient (Wildman–Crippen LogP) is 2.81.